The van der Waals surface area contributed by atoms with Gasteiger partial charge in [-0.3, -0.25) is 9.59 Å². The van der Waals surface area contributed by atoms with E-state index in [2.05, 4.69) is 0 Å². The monoisotopic (exact) mass is 264 g/mol. The van der Waals surface area contributed by atoms with Crippen LogP contribution >= 0.6 is 0 Å². The van der Waals surface area contributed by atoms with Gasteiger partial charge in [0, 0.05) is 0 Å². The zero-order chi connectivity index (χ0) is 14.6. The molecule has 0 unspecified atom stereocenters. The Morgan fingerprint density at radius 3 is 2.16 bits per heavy atom. The molecular weight excluding hydrogens is 244 g/mol. The molecule has 1 N–H and O–H groups in total. The molecule has 0 aliphatic heterocycles. The summed E-state index contributed by atoms with van der Waals surface area (Å²) in [6.07, 6.45) is -0.266. The highest BCUT2D eigenvalue weighted by Gasteiger charge is 2.28. The van der Waals surface area contributed by atoms with Gasteiger partial charge in [-0.15, -0.1) is 0 Å². The molecule has 104 valence electrons. The van der Waals surface area contributed by atoms with E-state index in [1.807, 2.05) is 19.1 Å². The van der Waals surface area contributed by atoms with Crippen molar-refractivity contribution < 1.29 is 19.4 Å². The van der Waals surface area contributed by atoms with E-state index >= 15 is 0 Å². The summed E-state index contributed by atoms with van der Waals surface area (Å²) in [5.74, 6) is -2.28. The molecule has 0 saturated carbocycles. The number of hydrogen-bond acceptors (Lipinski definition) is 3. The Morgan fingerprint density at radius 1 is 1.21 bits per heavy atom. The Morgan fingerprint density at radius 2 is 1.74 bits per heavy atom. The maximum absolute atomic E-state index is 12.1. The fraction of sp³-hybridized carbons (Fsp3) is 0.467. The van der Waals surface area contributed by atoms with Crippen LogP contribution in [-0.4, -0.2) is 22.6 Å². The van der Waals surface area contributed by atoms with Crippen LogP contribution in [0, 0.1) is 6.92 Å². The molecule has 1 rings (SSSR count). The summed E-state index contributed by atoms with van der Waals surface area (Å²) in [5, 5.41) is 8.94. The van der Waals surface area contributed by atoms with Crippen molar-refractivity contribution in [3.8, 4) is 0 Å². The average molecular weight is 264 g/mol. The van der Waals surface area contributed by atoms with Crippen LogP contribution < -0.4 is 0 Å². The standard InChI is InChI=1S/C15H20O4/c1-10-5-7-11(8-6-10)12(9-13(16)17)14(18)19-15(2,3)4/h5-8,12H,9H2,1-4H3,(H,16,17)/t12-/m0/s1. The zero-order valence-corrected chi connectivity index (χ0v) is 11.8. The molecule has 4 nitrogen and oxygen atoms in total. The summed E-state index contributed by atoms with van der Waals surface area (Å²) < 4.78 is 5.28. The van der Waals surface area contributed by atoms with Gasteiger partial charge in [0.1, 0.15) is 5.60 Å². The minimum Gasteiger partial charge on any atom is -0.481 e. The van der Waals surface area contributed by atoms with E-state index in [9.17, 15) is 9.59 Å². The first-order chi connectivity index (χ1) is 8.69. The molecule has 0 aliphatic carbocycles. The number of ether oxygens (including phenoxy) is 1. The van der Waals surface area contributed by atoms with Gasteiger partial charge in [0.15, 0.2) is 0 Å². The van der Waals surface area contributed by atoms with Crippen LogP contribution in [-0.2, 0) is 14.3 Å². The molecular formula is C15H20O4. The molecule has 0 aromatic heterocycles. The normalized spacial score (nSPS) is 12.8. The maximum Gasteiger partial charge on any atom is 0.314 e. The Labute approximate surface area is 113 Å². The summed E-state index contributed by atoms with van der Waals surface area (Å²) in [6, 6.07) is 7.25. The molecule has 1 atom stereocenters. The van der Waals surface area contributed by atoms with Crippen molar-refractivity contribution in [3.63, 3.8) is 0 Å². The van der Waals surface area contributed by atoms with Gasteiger partial charge in [-0.1, -0.05) is 29.8 Å². The quantitative estimate of drug-likeness (QED) is 0.849. The number of carboxylic acids is 1. The lowest BCUT2D eigenvalue weighted by molar-refractivity contribution is -0.159. The highest BCUT2D eigenvalue weighted by Crippen LogP contribution is 2.24. The summed E-state index contributed by atoms with van der Waals surface area (Å²) in [4.78, 5) is 23.0. The topological polar surface area (TPSA) is 63.6 Å². The first-order valence-electron chi connectivity index (χ1n) is 6.20. The van der Waals surface area contributed by atoms with E-state index in [-0.39, 0.29) is 6.42 Å². The largest absolute Gasteiger partial charge is 0.481 e. The third-order valence-electron chi connectivity index (χ3n) is 2.55. The number of carbonyl (C=O) groups excluding carboxylic acids is 1. The lowest BCUT2D eigenvalue weighted by atomic mass is 9.95. The van der Waals surface area contributed by atoms with Gasteiger partial charge in [0.2, 0.25) is 0 Å². The predicted octanol–water partition coefficient (Wildman–Crippen LogP) is 2.90. The zero-order valence-electron chi connectivity index (χ0n) is 11.8. The lowest BCUT2D eigenvalue weighted by Crippen LogP contribution is -2.28. The van der Waals surface area contributed by atoms with Crippen molar-refractivity contribution in [2.75, 3.05) is 0 Å². The number of rotatable bonds is 4. The van der Waals surface area contributed by atoms with Crippen LogP contribution in [0.1, 0.15) is 44.2 Å². The van der Waals surface area contributed by atoms with Crippen LogP contribution in [0.2, 0.25) is 0 Å². The average Bonchev–Trinajstić information content (AvgIpc) is 2.24. The molecule has 0 aliphatic rings. The van der Waals surface area contributed by atoms with Crippen LogP contribution in [0.15, 0.2) is 24.3 Å². The molecule has 4 heteroatoms. The molecule has 0 spiro atoms. The highest BCUT2D eigenvalue weighted by molar-refractivity contribution is 5.84. The van der Waals surface area contributed by atoms with Gasteiger partial charge in [-0.2, -0.15) is 0 Å². The fourth-order valence-corrected chi connectivity index (χ4v) is 1.68. The Balaban J connectivity index is 2.97. The smallest absolute Gasteiger partial charge is 0.314 e. The molecule has 0 radical (unpaired) electrons. The number of carbonyl (C=O) groups is 2. The van der Waals surface area contributed by atoms with Crippen molar-refractivity contribution in [2.24, 2.45) is 0 Å². The molecule has 0 bridgehead atoms. The molecule has 0 saturated heterocycles. The molecule has 0 amide bonds. The van der Waals surface area contributed by atoms with Crippen LogP contribution in [0.3, 0.4) is 0 Å². The summed E-state index contributed by atoms with van der Waals surface area (Å²) in [5.41, 5.74) is 1.10. The first kappa shape index (κ1) is 15.2. The third kappa shape index (κ3) is 5.12. The van der Waals surface area contributed by atoms with Crippen molar-refractivity contribution >= 4 is 11.9 Å². The number of benzene rings is 1. The van der Waals surface area contributed by atoms with Gasteiger partial charge in [0.25, 0.3) is 0 Å². The third-order valence-corrected chi connectivity index (χ3v) is 2.55. The molecule has 0 fully saturated rings. The molecule has 1 aromatic carbocycles. The van der Waals surface area contributed by atoms with E-state index < -0.39 is 23.5 Å². The van der Waals surface area contributed by atoms with Crippen LogP contribution in [0.25, 0.3) is 0 Å². The van der Waals surface area contributed by atoms with E-state index in [4.69, 9.17) is 9.84 Å². The number of carboxylic acid groups (broad SMARTS) is 1. The van der Waals surface area contributed by atoms with Crippen molar-refractivity contribution in [2.45, 2.75) is 45.6 Å². The second kappa shape index (κ2) is 5.87. The summed E-state index contributed by atoms with van der Waals surface area (Å²) in [6.45, 7) is 7.22. The summed E-state index contributed by atoms with van der Waals surface area (Å²) in [7, 11) is 0. The van der Waals surface area contributed by atoms with Crippen molar-refractivity contribution in [1.29, 1.82) is 0 Å². The van der Waals surface area contributed by atoms with Gasteiger partial charge in [0.05, 0.1) is 12.3 Å². The maximum atomic E-state index is 12.1. The van der Waals surface area contributed by atoms with E-state index in [0.717, 1.165) is 5.56 Å². The van der Waals surface area contributed by atoms with Crippen molar-refractivity contribution in [1.82, 2.24) is 0 Å². The second-order valence-electron chi connectivity index (χ2n) is 5.59. The number of esters is 1. The number of aryl methyl sites for hydroxylation is 1. The minimum absolute atomic E-state index is 0.266. The Hall–Kier alpha value is -1.84. The molecule has 0 heterocycles. The number of hydrogen-bond donors (Lipinski definition) is 1. The predicted molar refractivity (Wildman–Crippen MR) is 72.0 cm³/mol. The number of aliphatic carboxylic acids is 1. The van der Waals surface area contributed by atoms with Crippen molar-refractivity contribution in [3.05, 3.63) is 35.4 Å². The van der Waals surface area contributed by atoms with E-state index in [1.165, 1.54) is 0 Å². The second-order valence-corrected chi connectivity index (χ2v) is 5.59. The first-order valence-corrected chi connectivity index (χ1v) is 6.20. The molecule has 19 heavy (non-hydrogen) atoms. The Kier molecular flexibility index (Phi) is 4.70. The van der Waals surface area contributed by atoms with Crippen LogP contribution in [0.4, 0.5) is 0 Å². The fourth-order valence-electron chi connectivity index (χ4n) is 1.68. The lowest BCUT2D eigenvalue weighted by Gasteiger charge is -2.23. The van der Waals surface area contributed by atoms with Gasteiger partial charge in [-0.05, 0) is 33.3 Å². The van der Waals surface area contributed by atoms with Gasteiger partial charge < -0.3 is 9.84 Å². The van der Waals surface area contributed by atoms with Crippen LogP contribution in [0.5, 0.6) is 0 Å². The van der Waals surface area contributed by atoms with E-state index in [0.29, 0.717) is 5.56 Å². The molecule has 1 aromatic rings. The van der Waals surface area contributed by atoms with Gasteiger partial charge in [-0.25, -0.2) is 0 Å². The minimum atomic E-state index is -1.02. The SMILES string of the molecule is Cc1ccc([C@H](CC(=O)O)C(=O)OC(C)(C)C)cc1. The Bertz CT molecular complexity index is 454. The van der Waals surface area contributed by atoms with E-state index in [1.54, 1.807) is 32.9 Å². The highest BCUT2D eigenvalue weighted by atomic mass is 16.6. The summed E-state index contributed by atoms with van der Waals surface area (Å²) >= 11 is 0. The van der Waals surface area contributed by atoms with Gasteiger partial charge >= 0.3 is 11.9 Å².